The normalized spacial score (nSPS) is 21.0. The third kappa shape index (κ3) is 3.65. The zero-order chi connectivity index (χ0) is 23.0. The maximum Gasteiger partial charge on any atom is 0.322 e. The van der Waals surface area contributed by atoms with Crippen LogP contribution in [-0.2, 0) is 10.3 Å². The fourth-order valence-electron chi connectivity index (χ4n) is 4.17. The van der Waals surface area contributed by atoms with Crippen LogP contribution < -0.4 is 15.5 Å². The molecule has 0 radical (unpaired) electrons. The number of hydrogen-bond donors (Lipinski definition) is 2. The van der Waals surface area contributed by atoms with Crippen molar-refractivity contribution in [2.24, 2.45) is 0 Å². The van der Waals surface area contributed by atoms with Crippen LogP contribution in [0.4, 0.5) is 19.4 Å². The van der Waals surface area contributed by atoms with Gasteiger partial charge in [0.05, 0.1) is 0 Å². The molecule has 1 aromatic carbocycles. The van der Waals surface area contributed by atoms with Crippen molar-refractivity contribution in [3.8, 4) is 0 Å². The number of nitrogens with one attached hydrogen (secondary N) is 2. The van der Waals surface area contributed by atoms with Crippen LogP contribution in [0, 0.1) is 13.8 Å². The summed E-state index contributed by atoms with van der Waals surface area (Å²) in [6.45, 7) is 6.24. The highest BCUT2D eigenvalue weighted by molar-refractivity contribution is 6.08. The van der Waals surface area contributed by atoms with Gasteiger partial charge in [-0.25, -0.2) is 18.6 Å². The summed E-state index contributed by atoms with van der Waals surface area (Å²) in [6, 6.07) is 6.45. The quantitative estimate of drug-likeness (QED) is 0.705. The molecular weight excluding hydrogens is 420 g/mol. The summed E-state index contributed by atoms with van der Waals surface area (Å²) in [5, 5.41) is 3.86. The Balaban J connectivity index is 1.46. The zero-order valence-electron chi connectivity index (χ0n) is 17.7. The number of rotatable bonds is 4. The molecule has 1 aromatic heterocycles. The Kier molecular flexibility index (Phi) is 5.53. The van der Waals surface area contributed by atoms with Crippen LogP contribution in [0.1, 0.15) is 27.0 Å². The first-order valence-corrected chi connectivity index (χ1v) is 10.2. The number of halogens is 2. The first kappa shape index (κ1) is 21.7. The van der Waals surface area contributed by atoms with Crippen molar-refractivity contribution in [2.75, 3.05) is 31.1 Å². The number of alkyl halides is 2. The van der Waals surface area contributed by atoms with Gasteiger partial charge in [-0.05, 0) is 42.7 Å². The Hall–Kier alpha value is -3.56. The number of amides is 4. The van der Waals surface area contributed by atoms with Gasteiger partial charge in [0, 0.05) is 37.9 Å². The second-order valence-electron chi connectivity index (χ2n) is 8.03. The van der Waals surface area contributed by atoms with Gasteiger partial charge in [-0.2, -0.15) is 0 Å². The summed E-state index contributed by atoms with van der Waals surface area (Å²) in [7, 11) is 0. The van der Waals surface area contributed by atoms with E-state index >= 15 is 0 Å². The number of nitrogens with zero attached hydrogens (tertiary/aromatic N) is 3. The average Bonchev–Trinajstić information content (AvgIpc) is 3.08. The van der Waals surface area contributed by atoms with E-state index in [-0.39, 0.29) is 11.5 Å². The standard InChI is InChI=1S/C22H23F2N5O3/c1-13-11-14(2)17(25-12-13)28-7-9-29(10-8-28)18(30)15-3-5-16(6-4-15)22(19(23)24)20(31)26-21(32)27-22/h3-6,11-12,19H,7-10H2,1-2H3,(H2,26,27,31,32)/t22-/m0/s1. The van der Waals surface area contributed by atoms with Gasteiger partial charge in [-0.3, -0.25) is 14.9 Å². The molecule has 2 N–H and O–H groups in total. The Morgan fingerprint density at radius 2 is 1.75 bits per heavy atom. The van der Waals surface area contributed by atoms with E-state index in [2.05, 4.69) is 16.0 Å². The number of urea groups is 1. The minimum absolute atomic E-state index is 0.0851. The zero-order valence-corrected chi connectivity index (χ0v) is 17.7. The van der Waals surface area contributed by atoms with Gasteiger partial charge >= 0.3 is 6.03 Å². The number of hydrogen-bond acceptors (Lipinski definition) is 5. The molecule has 2 fully saturated rings. The molecule has 2 saturated heterocycles. The number of imide groups is 1. The molecule has 2 aliphatic heterocycles. The van der Waals surface area contributed by atoms with Crippen molar-refractivity contribution in [1.82, 2.24) is 20.5 Å². The molecule has 32 heavy (non-hydrogen) atoms. The largest absolute Gasteiger partial charge is 0.353 e. The van der Waals surface area contributed by atoms with Crippen molar-refractivity contribution < 1.29 is 23.2 Å². The molecule has 1 atom stereocenters. The van der Waals surface area contributed by atoms with Gasteiger partial charge in [0.25, 0.3) is 18.2 Å². The van der Waals surface area contributed by atoms with Crippen LogP contribution >= 0.6 is 0 Å². The van der Waals surface area contributed by atoms with Crippen LogP contribution in [0.3, 0.4) is 0 Å². The number of aromatic nitrogens is 1. The number of anilines is 1. The Morgan fingerprint density at radius 1 is 1.09 bits per heavy atom. The highest BCUT2D eigenvalue weighted by Crippen LogP contribution is 2.32. The molecule has 3 heterocycles. The molecule has 0 saturated carbocycles. The average molecular weight is 443 g/mol. The summed E-state index contributed by atoms with van der Waals surface area (Å²) < 4.78 is 27.4. The Morgan fingerprint density at radius 3 is 2.28 bits per heavy atom. The van der Waals surface area contributed by atoms with Gasteiger partial charge in [-0.1, -0.05) is 18.2 Å². The van der Waals surface area contributed by atoms with E-state index in [1.807, 2.05) is 30.7 Å². The summed E-state index contributed by atoms with van der Waals surface area (Å²) in [5.74, 6) is -0.440. The van der Waals surface area contributed by atoms with Crippen molar-refractivity contribution in [3.05, 3.63) is 58.8 Å². The van der Waals surface area contributed by atoms with Crippen LogP contribution in [0.15, 0.2) is 36.5 Å². The van der Waals surface area contributed by atoms with Gasteiger partial charge in [0.1, 0.15) is 5.82 Å². The number of aryl methyl sites for hydroxylation is 2. The number of pyridine rings is 1. The van der Waals surface area contributed by atoms with Crippen LogP contribution in [-0.4, -0.2) is 60.3 Å². The molecule has 4 rings (SSSR count). The first-order valence-electron chi connectivity index (χ1n) is 10.2. The third-order valence-corrected chi connectivity index (χ3v) is 5.86. The summed E-state index contributed by atoms with van der Waals surface area (Å²) in [6.07, 6.45) is -1.33. The van der Waals surface area contributed by atoms with Crippen molar-refractivity contribution >= 4 is 23.7 Å². The van der Waals surface area contributed by atoms with Gasteiger partial charge < -0.3 is 15.1 Å². The maximum absolute atomic E-state index is 13.7. The van der Waals surface area contributed by atoms with Crippen LogP contribution in [0.2, 0.25) is 0 Å². The second kappa shape index (κ2) is 8.18. The van der Waals surface area contributed by atoms with E-state index in [0.717, 1.165) is 16.9 Å². The van der Waals surface area contributed by atoms with Gasteiger partial charge in [0.2, 0.25) is 5.54 Å². The Labute approximate surface area is 183 Å². The number of carbonyl (C=O) groups is 3. The van der Waals surface area contributed by atoms with E-state index in [4.69, 9.17) is 0 Å². The molecule has 2 aromatic rings. The Bertz CT molecular complexity index is 1070. The van der Waals surface area contributed by atoms with Gasteiger partial charge in [0.15, 0.2) is 0 Å². The van der Waals surface area contributed by atoms with E-state index in [0.29, 0.717) is 31.7 Å². The smallest absolute Gasteiger partial charge is 0.322 e. The summed E-state index contributed by atoms with van der Waals surface area (Å²) in [5.41, 5.74) is -0.0503. The monoisotopic (exact) mass is 443 g/mol. The van der Waals surface area contributed by atoms with E-state index in [1.165, 1.54) is 24.3 Å². The van der Waals surface area contributed by atoms with E-state index < -0.39 is 23.9 Å². The lowest BCUT2D eigenvalue weighted by Gasteiger charge is -2.36. The van der Waals surface area contributed by atoms with Gasteiger partial charge in [-0.15, -0.1) is 0 Å². The molecule has 168 valence electrons. The molecule has 0 unspecified atom stereocenters. The molecule has 0 bridgehead atoms. The van der Waals surface area contributed by atoms with E-state index in [9.17, 15) is 23.2 Å². The lowest BCUT2D eigenvalue weighted by Crippen LogP contribution is -2.50. The SMILES string of the molecule is Cc1cnc(N2CCN(C(=O)c3ccc([C@@]4(C(F)F)NC(=O)NC4=O)cc3)CC2)c(C)c1. The van der Waals surface area contributed by atoms with Crippen LogP contribution in [0.5, 0.6) is 0 Å². The van der Waals surface area contributed by atoms with Crippen molar-refractivity contribution in [1.29, 1.82) is 0 Å². The van der Waals surface area contributed by atoms with Crippen molar-refractivity contribution in [2.45, 2.75) is 25.8 Å². The molecular formula is C22H23F2N5O3. The topological polar surface area (TPSA) is 94.6 Å². The number of piperazine rings is 1. The summed E-state index contributed by atoms with van der Waals surface area (Å²) in [4.78, 5) is 44.7. The highest BCUT2D eigenvalue weighted by Gasteiger charge is 2.55. The van der Waals surface area contributed by atoms with Crippen molar-refractivity contribution in [3.63, 3.8) is 0 Å². The number of benzene rings is 1. The van der Waals surface area contributed by atoms with Crippen LogP contribution in [0.25, 0.3) is 0 Å². The lowest BCUT2D eigenvalue weighted by molar-refractivity contribution is -0.130. The lowest BCUT2D eigenvalue weighted by atomic mass is 9.89. The predicted molar refractivity (Wildman–Crippen MR) is 113 cm³/mol. The fraction of sp³-hybridized carbons (Fsp3) is 0.364. The third-order valence-electron chi connectivity index (χ3n) is 5.86. The minimum Gasteiger partial charge on any atom is -0.353 e. The predicted octanol–water partition coefficient (Wildman–Crippen LogP) is 1.96. The highest BCUT2D eigenvalue weighted by atomic mass is 19.3. The fourth-order valence-corrected chi connectivity index (χ4v) is 4.17. The molecule has 10 heteroatoms. The molecule has 0 spiro atoms. The maximum atomic E-state index is 13.7. The molecule has 0 aliphatic carbocycles. The van der Waals surface area contributed by atoms with E-state index in [1.54, 1.807) is 4.90 Å². The minimum atomic E-state index is -3.15. The second-order valence-corrected chi connectivity index (χ2v) is 8.03. The first-order chi connectivity index (χ1) is 15.2. The summed E-state index contributed by atoms with van der Waals surface area (Å²) >= 11 is 0. The molecule has 2 aliphatic rings. The number of carbonyl (C=O) groups excluding carboxylic acids is 3. The molecule has 4 amide bonds. The molecule has 8 nitrogen and oxygen atoms in total.